The van der Waals surface area contributed by atoms with Crippen molar-refractivity contribution in [3.8, 4) is 0 Å². The average Bonchev–Trinajstić information content (AvgIpc) is 2.58. The lowest BCUT2D eigenvalue weighted by Gasteiger charge is -2.39. The SMILES string of the molecule is CCNC(=NCCCCN1CCCCC1C)N1CCS(=O)(=O)C(C)(C)C1. The minimum atomic E-state index is -3.02. The molecule has 152 valence electrons. The van der Waals surface area contributed by atoms with Gasteiger partial charge in [-0.25, -0.2) is 8.42 Å². The highest BCUT2D eigenvalue weighted by molar-refractivity contribution is 7.92. The lowest BCUT2D eigenvalue weighted by molar-refractivity contribution is 0.158. The summed E-state index contributed by atoms with van der Waals surface area (Å²) in [6.45, 7) is 13.1. The van der Waals surface area contributed by atoms with Gasteiger partial charge < -0.3 is 15.1 Å². The van der Waals surface area contributed by atoms with Gasteiger partial charge in [0.2, 0.25) is 0 Å². The number of guanidine groups is 1. The Bertz CT molecular complexity index is 574. The third kappa shape index (κ3) is 5.59. The molecule has 0 radical (unpaired) electrons. The van der Waals surface area contributed by atoms with Crippen molar-refractivity contribution in [1.29, 1.82) is 0 Å². The van der Waals surface area contributed by atoms with E-state index in [1.165, 1.54) is 38.8 Å². The zero-order valence-corrected chi connectivity index (χ0v) is 17.9. The van der Waals surface area contributed by atoms with E-state index in [-0.39, 0.29) is 5.75 Å². The summed E-state index contributed by atoms with van der Waals surface area (Å²) in [5.41, 5.74) is 0. The number of hydrogen-bond acceptors (Lipinski definition) is 4. The van der Waals surface area contributed by atoms with Gasteiger partial charge in [0.05, 0.1) is 10.5 Å². The van der Waals surface area contributed by atoms with Crippen LogP contribution in [0, 0.1) is 0 Å². The molecular formula is C19H38N4O2S. The molecule has 0 saturated carbocycles. The van der Waals surface area contributed by atoms with E-state index in [0.29, 0.717) is 13.1 Å². The third-order valence-corrected chi connectivity index (χ3v) is 8.27. The van der Waals surface area contributed by atoms with E-state index in [1.807, 2.05) is 13.8 Å². The molecule has 1 unspecified atom stereocenters. The molecule has 1 N–H and O–H groups in total. The van der Waals surface area contributed by atoms with Gasteiger partial charge in [0, 0.05) is 32.2 Å². The van der Waals surface area contributed by atoms with E-state index in [0.717, 1.165) is 31.5 Å². The quantitative estimate of drug-likeness (QED) is 0.430. The van der Waals surface area contributed by atoms with Gasteiger partial charge in [0.15, 0.2) is 15.8 Å². The van der Waals surface area contributed by atoms with E-state index in [4.69, 9.17) is 4.99 Å². The van der Waals surface area contributed by atoms with Crippen molar-refractivity contribution in [3.05, 3.63) is 0 Å². The second-order valence-corrected chi connectivity index (χ2v) is 11.1. The van der Waals surface area contributed by atoms with E-state index in [9.17, 15) is 8.42 Å². The summed E-state index contributed by atoms with van der Waals surface area (Å²) in [5, 5.41) is 3.34. The summed E-state index contributed by atoms with van der Waals surface area (Å²) in [6.07, 6.45) is 6.29. The van der Waals surface area contributed by atoms with Crippen molar-refractivity contribution in [2.24, 2.45) is 4.99 Å². The van der Waals surface area contributed by atoms with Crippen LogP contribution in [0.2, 0.25) is 0 Å². The second kappa shape index (κ2) is 9.40. The van der Waals surface area contributed by atoms with Gasteiger partial charge in [-0.05, 0) is 66.5 Å². The Labute approximate surface area is 160 Å². The molecule has 0 aliphatic carbocycles. The molecule has 1 atom stereocenters. The summed E-state index contributed by atoms with van der Waals surface area (Å²) >= 11 is 0. The second-order valence-electron chi connectivity index (χ2n) is 8.32. The fourth-order valence-corrected chi connectivity index (χ4v) is 5.22. The smallest absolute Gasteiger partial charge is 0.193 e. The number of hydrogen-bond donors (Lipinski definition) is 1. The van der Waals surface area contributed by atoms with Crippen molar-refractivity contribution in [2.45, 2.75) is 70.6 Å². The molecule has 0 spiro atoms. The van der Waals surface area contributed by atoms with Crippen LogP contribution in [0.3, 0.4) is 0 Å². The van der Waals surface area contributed by atoms with Gasteiger partial charge in [-0.1, -0.05) is 6.42 Å². The minimum Gasteiger partial charge on any atom is -0.357 e. The first-order chi connectivity index (χ1) is 12.3. The zero-order chi connectivity index (χ0) is 19.2. The van der Waals surface area contributed by atoms with Crippen LogP contribution >= 0.6 is 0 Å². The number of nitrogens with zero attached hydrogens (tertiary/aromatic N) is 3. The largest absolute Gasteiger partial charge is 0.357 e. The zero-order valence-electron chi connectivity index (χ0n) is 17.1. The Morgan fingerprint density at radius 3 is 2.65 bits per heavy atom. The van der Waals surface area contributed by atoms with Gasteiger partial charge in [-0.2, -0.15) is 0 Å². The standard InChI is InChI=1S/C19H38N4O2S/c1-5-20-18(23-14-15-26(24,25)19(3,4)16-23)21-11-7-9-13-22-12-8-6-10-17(22)2/h17H,5-16H2,1-4H3,(H,20,21). The molecule has 6 nitrogen and oxygen atoms in total. The van der Waals surface area contributed by atoms with Crippen molar-refractivity contribution in [2.75, 3.05) is 45.0 Å². The highest BCUT2D eigenvalue weighted by Gasteiger charge is 2.40. The Kier molecular flexibility index (Phi) is 7.76. The number of nitrogens with one attached hydrogen (secondary N) is 1. The Morgan fingerprint density at radius 2 is 2.00 bits per heavy atom. The molecule has 0 aromatic rings. The van der Waals surface area contributed by atoms with Crippen molar-refractivity contribution < 1.29 is 8.42 Å². The number of rotatable bonds is 6. The van der Waals surface area contributed by atoms with Gasteiger partial charge in [0.25, 0.3) is 0 Å². The van der Waals surface area contributed by atoms with Crippen LogP contribution in [0.25, 0.3) is 0 Å². The summed E-state index contributed by atoms with van der Waals surface area (Å²) in [7, 11) is -3.02. The average molecular weight is 387 g/mol. The Morgan fingerprint density at radius 1 is 1.23 bits per heavy atom. The fourth-order valence-electron chi connectivity index (χ4n) is 3.85. The lowest BCUT2D eigenvalue weighted by atomic mass is 10.0. The number of sulfone groups is 1. The minimum absolute atomic E-state index is 0.206. The maximum atomic E-state index is 12.2. The molecule has 0 amide bonds. The van der Waals surface area contributed by atoms with Crippen LogP contribution < -0.4 is 5.32 Å². The van der Waals surface area contributed by atoms with Crippen molar-refractivity contribution in [3.63, 3.8) is 0 Å². The summed E-state index contributed by atoms with van der Waals surface area (Å²) in [5.74, 6) is 1.07. The Hall–Kier alpha value is -0.820. The summed E-state index contributed by atoms with van der Waals surface area (Å²) in [6, 6.07) is 0.724. The van der Waals surface area contributed by atoms with Gasteiger partial charge in [-0.3, -0.25) is 4.99 Å². The molecule has 0 aromatic carbocycles. The van der Waals surface area contributed by atoms with Crippen LogP contribution in [0.15, 0.2) is 4.99 Å². The van der Waals surface area contributed by atoms with Gasteiger partial charge in [0.1, 0.15) is 0 Å². The normalized spacial score (nSPS) is 26.7. The predicted octanol–water partition coefficient (Wildman–Crippen LogP) is 2.12. The van der Waals surface area contributed by atoms with Crippen molar-refractivity contribution >= 4 is 15.8 Å². The monoisotopic (exact) mass is 386 g/mol. The molecular weight excluding hydrogens is 348 g/mol. The first kappa shape index (κ1) is 21.5. The molecule has 7 heteroatoms. The van der Waals surface area contributed by atoms with E-state index < -0.39 is 14.6 Å². The molecule has 0 aromatic heterocycles. The highest BCUT2D eigenvalue weighted by atomic mass is 32.2. The molecule has 2 aliphatic heterocycles. The molecule has 2 aliphatic rings. The fraction of sp³-hybridized carbons (Fsp3) is 0.947. The van der Waals surface area contributed by atoms with Crippen LogP contribution in [0.5, 0.6) is 0 Å². The van der Waals surface area contributed by atoms with Gasteiger partial charge in [-0.15, -0.1) is 0 Å². The van der Waals surface area contributed by atoms with E-state index in [1.54, 1.807) is 0 Å². The first-order valence-electron chi connectivity index (χ1n) is 10.3. The Balaban J connectivity index is 1.83. The molecule has 2 rings (SSSR count). The molecule has 0 bridgehead atoms. The first-order valence-corrected chi connectivity index (χ1v) is 11.9. The molecule has 2 heterocycles. The summed E-state index contributed by atoms with van der Waals surface area (Å²) < 4.78 is 23.7. The molecule has 2 saturated heterocycles. The highest BCUT2D eigenvalue weighted by Crippen LogP contribution is 2.23. The van der Waals surface area contributed by atoms with Gasteiger partial charge >= 0.3 is 0 Å². The topological polar surface area (TPSA) is 65.0 Å². The summed E-state index contributed by atoms with van der Waals surface area (Å²) in [4.78, 5) is 9.49. The third-order valence-electron chi connectivity index (χ3n) is 5.73. The van der Waals surface area contributed by atoms with Crippen LogP contribution in [0.1, 0.15) is 59.8 Å². The number of aliphatic imine (C=N–C) groups is 1. The number of likely N-dealkylation sites (tertiary alicyclic amines) is 1. The predicted molar refractivity (Wildman–Crippen MR) is 110 cm³/mol. The van der Waals surface area contributed by atoms with Crippen LogP contribution in [-0.2, 0) is 9.84 Å². The van der Waals surface area contributed by atoms with E-state index in [2.05, 4.69) is 29.0 Å². The molecule has 2 fully saturated rings. The van der Waals surface area contributed by atoms with Crippen molar-refractivity contribution in [1.82, 2.24) is 15.1 Å². The number of unbranched alkanes of at least 4 members (excludes halogenated alkanes) is 1. The maximum absolute atomic E-state index is 12.2. The lowest BCUT2D eigenvalue weighted by Crippen LogP contribution is -2.57. The van der Waals surface area contributed by atoms with E-state index >= 15 is 0 Å². The number of piperidine rings is 1. The molecule has 26 heavy (non-hydrogen) atoms. The van der Waals surface area contributed by atoms with Crippen LogP contribution in [0.4, 0.5) is 0 Å². The maximum Gasteiger partial charge on any atom is 0.193 e. The van der Waals surface area contributed by atoms with Crippen LogP contribution in [-0.4, -0.2) is 80.0 Å².